The maximum absolute atomic E-state index is 12.5. The molecule has 0 atom stereocenters. The van der Waals surface area contributed by atoms with E-state index in [9.17, 15) is 19.5 Å². The average molecular weight is 384 g/mol. The van der Waals surface area contributed by atoms with Crippen LogP contribution in [0, 0.1) is 0 Å². The van der Waals surface area contributed by atoms with Crippen LogP contribution in [0.1, 0.15) is 5.56 Å². The number of carbonyl (C=O) groups is 3. The number of hydrogen-bond acceptors (Lipinski definition) is 6. The normalized spacial score (nSPS) is 15.3. The van der Waals surface area contributed by atoms with Crippen LogP contribution < -0.4 is 10.1 Å². The van der Waals surface area contributed by atoms with Gasteiger partial charge >= 0.3 is 0 Å². The Balaban J connectivity index is 1.71. The standard InChI is InChI=1S/C19H16N2O5S/c1-26-15-8-7-12(9-14(15)22)10-16-18(24)21(19(25)27-16)11-17(23)20-13-5-3-2-4-6-13/h2-10,22H,11H2,1H3,(H,20,23). The van der Waals surface area contributed by atoms with Crippen LogP contribution in [0.4, 0.5) is 10.5 Å². The number of carbonyl (C=O) groups excluding carboxylic acids is 3. The zero-order chi connectivity index (χ0) is 19.4. The van der Waals surface area contributed by atoms with Gasteiger partial charge in [0.05, 0.1) is 12.0 Å². The number of aromatic hydroxyl groups is 1. The Bertz CT molecular complexity index is 927. The number of anilines is 1. The highest BCUT2D eigenvalue weighted by atomic mass is 32.2. The molecule has 0 aromatic heterocycles. The van der Waals surface area contributed by atoms with Crippen molar-refractivity contribution in [1.29, 1.82) is 0 Å². The van der Waals surface area contributed by atoms with Crippen molar-refractivity contribution < 1.29 is 24.2 Å². The van der Waals surface area contributed by atoms with Gasteiger partial charge in [0.15, 0.2) is 11.5 Å². The molecule has 8 heteroatoms. The molecule has 0 bridgehead atoms. The second-order valence-corrected chi connectivity index (χ2v) is 6.61. The van der Waals surface area contributed by atoms with E-state index in [4.69, 9.17) is 4.74 Å². The highest BCUT2D eigenvalue weighted by Gasteiger charge is 2.36. The van der Waals surface area contributed by atoms with Crippen molar-refractivity contribution in [3.8, 4) is 11.5 Å². The number of thioether (sulfide) groups is 1. The zero-order valence-corrected chi connectivity index (χ0v) is 15.2. The SMILES string of the molecule is COc1ccc(C=C2SC(=O)N(CC(=O)Nc3ccccc3)C2=O)cc1O. The minimum Gasteiger partial charge on any atom is -0.504 e. The first-order valence-electron chi connectivity index (χ1n) is 7.95. The molecule has 3 amide bonds. The van der Waals surface area contributed by atoms with Crippen LogP contribution in [0.2, 0.25) is 0 Å². The minimum atomic E-state index is -0.552. The molecule has 0 spiro atoms. The van der Waals surface area contributed by atoms with Crippen molar-refractivity contribution in [2.75, 3.05) is 19.0 Å². The van der Waals surface area contributed by atoms with Crippen molar-refractivity contribution >= 4 is 40.6 Å². The summed E-state index contributed by atoms with van der Waals surface area (Å²) in [5, 5.41) is 11.9. The molecule has 2 aromatic carbocycles. The molecule has 1 saturated heterocycles. The highest BCUT2D eigenvalue weighted by molar-refractivity contribution is 8.18. The summed E-state index contributed by atoms with van der Waals surface area (Å²) in [6.45, 7) is -0.370. The molecule has 0 unspecified atom stereocenters. The Labute approximate surface area is 159 Å². The van der Waals surface area contributed by atoms with Gasteiger partial charge in [0.25, 0.3) is 11.1 Å². The molecule has 1 aliphatic heterocycles. The van der Waals surface area contributed by atoms with Gasteiger partial charge in [-0.05, 0) is 47.7 Å². The minimum absolute atomic E-state index is 0.0762. The van der Waals surface area contributed by atoms with Gasteiger partial charge in [-0.15, -0.1) is 0 Å². The van der Waals surface area contributed by atoms with Gasteiger partial charge in [0, 0.05) is 5.69 Å². The zero-order valence-electron chi connectivity index (χ0n) is 14.3. The highest BCUT2D eigenvalue weighted by Crippen LogP contribution is 2.34. The number of amides is 3. The monoisotopic (exact) mass is 384 g/mol. The Morgan fingerprint density at radius 2 is 1.96 bits per heavy atom. The summed E-state index contributed by atoms with van der Waals surface area (Å²) < 4.78 is 4.97. The first kappa shape index (κ1) is 18.5. The number of hydrogen-bond donors (Lipinski definition) is 2. The lowest BCUT2D eigenvalue weighted by molar-refractivity contribution is -0.127. The number of imide groups is 1. The van der Waals surface area contributed by atoms with E-state index in [2.05, 4.69) is 5.32 Å². The number of nitrogens with one attached hydrogen (secondary N) is 1. The third-order valence-corrected chi connectivity index (χ3v) is 4.64. The van der Waals surface area contributed by atoms with Gasteiger partial charge in [-0.2, -0.15) is 0 Å². The molecule has 2 aromatic rings. The molecule has 138 valence electrons. The number of rotatable bonds is 5. The van der Waals surface area contributed by atoms with Gasteiger partial charge in [-0.3, -0.25) is 19.3 Å². The predicted molar refractivity (Wildman–Crippen MR) is 102 cm³/mol. The van der Waals surface area contributed by atoms with Crippen molar-refractivity contribution in [2.45, 2.75) is 0 Å². The summed E-state index contributed by atoms with van der Waals surface area (Å²) in [5.41, 5.74) is 1.12. The molecule has 0 saturated carbocycles. The van der Waals surface area contributed by atoms with Crippen molar-refractivity contribution in [3.63, 3.8) is 0 Å². The largest absolute Gasteiger partial charge is 0.504 e. The number of para-hydroxylation sites is 1. The fourth-order valence-corrected chi connectivity index (χ4v) is 3.29. The lowest BCUT2D eigenvalue weighted by Crippen LogP contribution is -2.36. The summed E-state index contributed by atoms with van der Waals surface area (Å²) in [6, 6.07) is 13.4. The molecule has 27 heavy (non-hydrogen) atoms. The summed E-state index contributed by atoms with van der Waals surface area (Å²) in [5.74, 6) is -0.791. The molecular formula is C19H16N2O5S. The van der Waals surface area contributed by atoms with Crippen LogP contribution in [0.25, 0.3) is 6.08 Å². The fourth-order valence-electron chi connectivity index (χ4n) is 2.45. The smallest absolute Gasteiger partial charge is 0.294 e. The Morgan fingerprint density at radius 1 is 1.22 bits per heavy atom. The van der Waals surface area contributed by atoms with E-state index in [0.29, 0.717) is 17.0 Å². The average Bonchev–Trinajstić information content (AvgIpc) is 2.90. The second-order valence-electron chi connectivity index (χ2n) is 5.61. The number of methoxy groups -OCH3 is 1. The molecule has 1 heterocycles. The van der Waals surface area contributed by atoms with Crippen molar-refractivity contribution in [3.05, 3.63) is 59.0 Å². The summed E-state index contributed by atoms with van der Waals surface area (Å²) in [6.07, 6.45) is 1.49. The second kappa shape index (κ2) is 7.96. The first-order chi connectivity index (χ1) is 13.0. The van der Waals surface area contributed by atoms with Gasteiger partial charge in [-0.25, -0.2) is 0 Å². The quantitative estimate of drug-likeness (QED) is 0.769. The third kappa shape index (κ3) is 4.29. The van der Waals surface area contributed by atoms with E-state index in [1.165, 1.54) is 19.3 Å². The molecule has 7 nitrogen and oxygen atoms in total. The number of nitrogens with zero attached hydrogens (tertiary/aromatic N) is 1. The molecule has 1 fully saturated rings. The predicted octanol–water partition coefficient (Wildman–Crippen LogP) is 3.08. The van der Waals surface area contributed by atoms with Gasteiger partial charge in [-0.1, -0.05) is 24.3 Å². The van der Waals surface area contributed by atoms with Crippen LogP contribution in [0.5, 0.6) is 11.5 Å². The number of phenols is 1. The van der Waals surface area contributed by atoms with Crippen molar-refractivity contribution in [2.24, 2.45) is 0 Å². The van der Waals surface area contributed by atoms with E-state index < -0.39 is 17.1 Å². The molecule has 0 radical (unpaired) electrons. The maximum Gasteiger partial charge on any atom is 0.294 e. The van der Waals surface area contributed by atoms with Crippen LogP contribution >= 0.6 is 11.8 Å². The van der Waals surface area contributed by atoms with E-state index in [-0.39, 0.29) is 17.2 Å². The van der Waals surface area contributed by atoms with Crippen molar-refractivity contribution in [1.82, 2.24) is 4.90 Å². The summed E-state index contributed by atoms with van der Waals surface area (Å²) in [4.78, 5) is 37.8. The molecule has 3 rings (SSSR count). The number of benzene rings is 2. The van der Waals surface area contributed by atoms with E-state index >= 15 is 0 Å². The molecule has 0 aliphatic carbocycles. The Morgan fingerprint density at radius 3 is 2.63 bits per heavy atom. The maximum atomic E-state index is 12.5. The summed E-state index contributed by atoms with van der Waals surface area (Å²) >= 11 is 0.746. The Hall–Kier alpha value is -3.26. The molecular weight excluding hydrogens is 368 g/mol. The fraction of sp³-hybridized carbons (Fsp3) is 0.105. The number of phenolic OH excluding ortho intramolecular Hbond substituents is 1. The van der Waals surface area contributed by atoms with E-state index in [0.717, 1.165) is 16.7 Å². The Kier molecular flexibility index (Phi) is 5.46. The lowest BCUT2D eigenvalue weighted by Gasteiger charge is -2.12. The molecule has 2 N–H and O–H groups in total. The lowest BCUT2D eigenvalue weighted by atomic mass is 10.2. The van der Waals surface area contributed by atoms with Crippen LogP contribution in [-0.2, 0) is 9.59 Å². The number of ether oxygens (including phenoxy) is 1. The van der Waals surface area contributed by atoms with Crippen LogP contribution in [-0.4, -0.2) is 40.7 Å². The van der Waals surface area contributed by atoms with Crippen LogP contribution in [0.15, 0.2) is 53.4 Å². The van der Waals surface area contributed by atoms with Gasteiger partial charge in [0.1, 0.15) is 6.54 Å². The van der Waals surface area contributed by atoms with E-state index in [1.807, 2.05) is 6.07 Å². The topological polar surface area (TPSA) is 95.9 Å². The van der Waals surface area contributed by atoms with Crippen LogP contribution in [0.3, 0.4) is 0 Å². The van der Waals surface area contributed by atoms with Gasteiger partial charge < -0.3 is 15.2 Å². The summed E-state index contributed by atoms with van der Waals surface area (Å²) in [7, 11) is 1.43. The van der Waals surface area contributed by atoms with E-state index in [1.54, 1.807) is 36.4 Å². The van der Waals surface area contributed by atoms with Gasteiger partial charge in [0.2, 0.25) is 5.91 Å². The molecule has 1 aliphatic rings. The third-order valence-electron chi connectivity index (χ3n) is 3.73. The first-order valence-corrected chi connectivity index (χ1v) is 8.77.